The molecular weight excluding hydrogens is 372 g/mol. The van der Waals surface area contributed by atoms with Crippen molar-refractivity contribution in [2.24, 2.45) is 5.92 Å². The highest BCUT2D eigenvalue weighted by molar-refractivity contribution is 5.95. The lowest BCUT2D eigenvalue weighted by atomic mass is 10.1. The molecule has 0 aliphatic carbocycles. The molecule has 0 heterocycles. The minimum atomic E-state index is -1.02. The Labute approximate surface area is 170 Å². The van der Waals surface area contributed by atoms with E-state index < -0.39 is 30.1 Å². The average Bonchev–Trinajstić information content (AvgIpc) is 2.71. The molecular formula is C22H26N2O5. The molecule has 2 rings (SSSR count). The molecule has 0 saturated heterocycles. The fraction of sp³-hybridized carbons (Fsp3) is 0.318. The summed E-state index contributed by atoms with van der Waals surface area (Å²) in [6, 6.07) is 17.1. The molecule has 0 fully saturated rings. The Kier molecular flexibility index (Phi) is 8.21. The third-order valence-electron chi connectivity index (χ3n) is 4.11. The number of benzene rings is 2. The number of para-hydroxylation sites is 1. The van der Waals surface area contributed by atoms with Gasteiger partial charge in [0.1, 0.15) is 12.6 Å². The van der Waals surface area contributed by atoms with Gasteiger partial charge < -0.3 is 20.1 Å². The molecule has 0 spiro atoms. The first-order chi connectivity index (χ1) is 13.9. The van der Waals surface area contributed by atoms with Gasteiger partial charge in [0.25, 0.3) is 5.91 Å². The standard InChI is InChI=1S/C22H26N2O5/c1-15(2)19(24-22(27)28-14-17-10-6-4-7-11-17)21(26)29-16(3)20(25)23-18-12-8-5-9-13-18/h4-13,15-16,19H,14H2,1-3H3,(H,23,25)(H,24,27)/t16-,19-/m0/s1. The van der Waals surface area contributed by atoms with Gasteiger partial charge >= 0.3 is 12.1 Å². The molecule has 0 radical (unpaired) electrons. The number of nitrogens with one attached hydrogen (secondary N) is 2. The first-order valence-electron chi connectivity index (χ1n) is 9.40. The lowest BCUT2D eigenvalue weighted by Gasteiger charge is -2.22. The van der Waals surface area contributed by atoms with Crippen LogP contribution in [0.1, 0.15) is 26.3 Å². The topological polar surface area (TPSA) is 93.7 Å². The van der Waals surface area contributed by atoms with Gasteiger partial charge in [-0.2, -0.15) is 0 Å². The summed E-state index contributed by atoms with van der Waals surface area (Å²) in [7, 11) is 0. The normalized spacial score (nSPS) is 12.6. The summed E-state index contributed by atoms with van der Waals surface area (Å²) in [5.41, 5.74) is 1.43. The molecule has 2 aromatic rings. The van der Waals surface area contributed by atoms with E-state index in [2.05, 4.69) is 10.6 Å². The molecule has 2 amide bonds. The number of rotatable bonds is 8. The van der Waals surface area contributed by atoms with Crippen LogP contribution in [0.4, 0.5) is 10.5 Å². The molecule has 29 heavy (non-hydrogen) atoms. The van der Waals surface area contributed by atoms with Gasteiger partial charge in [-0.15, -0.1) is 0 Å². The van der Waals surface area contributed by atoms with Crippen molar-refractivity contribution >= 4 is 23.7 Å². The van der Waals surface area contributed by atoms with Crippen molar-refractivity contribution in [1.29, 1.82) is 0 Å². The molecule has 154 valence electrons. The number of carbonyl (C=O) groups is 3. The maximum Gasteiger partial charge on any atom is 0.408 e. The number of anilines is 1. The van der Waals surface area contributed by atoms with Crippen LogP contribution in [0.25, 0.3) is 0 Å². The largest absolute Gasteiger partial charge is 0.451 e. The molecule has 7 heteroatoms. The van der Waals surface area contributed by atoms with Gasteiger partial charge in [-0.3, -0.25) is 4.79 Å². The van der Waals surface area contributed by atoms with E-state index in [4.69, 9.17) is 9.47 Å². The third-order valence-corrected chi connectivity index (χ3v) is 4.11. The van der Waals surface area contributed by atoms with Crippen LogP contribution < -0.4 is 10.6 Å². The van der Waals surface area contributed by atoms with Gasteiger partial charge in [0.15, 0.2) is 6.10 Å². The molecule has 2 N–H and O–H groups in total. The summed E-state index contributed by atoms with van der Waals surface area (Å²) in [6.45, 7) is 5.08. The summed E-state index contributed by atoms with van der Waals surface area (Å²) in [5.74, 6) is -1.41. The second-order valence-corrected chi connectivity index (χ2v) is 6.86. The second-order valence-electron chi connectivity index (χ2n) is 6.86. The second kappa shape index (κ2) is 10.8. The zero-order chi connectivity index (χ0) is 21.2. The zero-order valence-corrected chi connectivity index (χ0v) is 16.8. The van der Waals surface area contributed by atoms with Crippen LogP contribution in [0.3, 0.4) is 0 Å². The van der Waals surface area contributed by atoms with Crippen molar-refractivity contribution in [3.63, 3.8) is 0 Å². The molecule has 0 aliphatic rings. The molecule has 0 aromatic heterocycles. The monoisotopic (exact) mass is 398 g/mol. The predicted molar refractivity (Wildman–Crippen MR) is 109 cm³/mol. The maximum absolute atomic E-state index is 12.5. The predicted octanol–water partition coefficient (Wildman–Crippen LogP) is 3.51. The third kappa shape index (κ3) is 7.29. The van der Waals surface area contributed by atoms with Crippen LogP contribution in [0.5, 0.6) is 0 Å². The lowest BCUT2D eigenvalue weighted by Crippen LogP contribution is -2.47. The molecule has 2 atom stereocenters. The van der Waals surface area contributed by atoms with Gasteiger partial charge in [0, 0.05) is 5.69 Å². The summed E-state index contributed by atoms with van der Waals surface area (Å²) in [6.07, 6.45) is -1.75. The summed E-state index contributed by atoms with van der Waals surface area (Å²) in [4.78, 5) is 36.8. The molecule has 0 unspecified atom stereocenters. The van der Waals surface area contributed by atoms with Crippen molar-refractivity contribution < 1.29 is 23.9 Å². The quantitative estimate of drug-likeness (QED) is 0.664. The van der Waals surface area contributed by atoms with E-state index in [1.165, 1.54) is 6.92 Å². The van der Waals surface area contributed by atoms with Gasteiger partial charge in [0.05, 0.1) is 0 Å². The Bertz CT molecular complexity index is 808. The van der Waals surface area contributed by atoms with E-state index in [0.717, 1.165) is 5.56 Å². The SMILES string of the molecule is CC(C)[C@H](NC(=O)OCc1ccccc1)C(=O)O[C@@H](C)C(=O)Nc1ccccc1. The number of esters is 1. The molecule has 0 bridgehead atoms. The van der Waals surface area contributed by atoms with Crippen molar-refractivity contribution in [2.75, 3.05) is 5.32 Å². The van der Waals surface area contributed by atoms with Crippen LogP contribution >= 0.6 is 0 Å². The summed E-state index contributed by atoms with van der Waals surface area (Å²) >= 11 is 0. The fourth-order valence-electron chi connectivity index (χ4n) is 2.46. The highest BCUT2D eigenvalue weighted by Gasteiger charge is 2.29. The van der Waals surface area contributed by atoms with Crippen LogP contribution in [0.2, 0.25) is 0 Å². The van der Waals surface area contributed by atoms with E-state index in [0.29, 0.717) is 5.69 Å². The van der Waals surface area contributed by atoms with Crippen LogP contribution in [0, 0.1) is 5.92 Å². The Morgan fingerprint density at radius 1 is 0.897 bits per heavy atom. The van der Waals surface area contributed by atoms with E-state index in [1.807, 2.05) is 36.4 Å². The Morgan fingerprint density at radius 2 is 1.48 bits per heavy atom. The first kappa shape index (κ1) is 21.9. The number of alkyl carbamates (subject to hydrolysis) is 1. The number of hydrogen-bond acceptors (Lipinski definition) is 5. The van der Waals surface area contributed by atoms with Crippen molar-refractivity contribution in [3.8, 4) is 0 Å². The van der Waals surface area contributed by atoms with Crippen molar-refractivity contribution in [1.82, 2.24) is 5.32 Å². The van der Waals surface area contributed by atoms with E-state index in [1.54, 1.807) is 38.1 Å². The van der Waals surface area contributed by atoms with Crippen molar-refractivity contribution in [2.45, 2.75) is 39.5 Å². The van der Waals surface area contributed by atoms with E-state index in [-0.39, 0.29) is 12.5 Å². The lowest BCUT2D eigenvalue weighted by molar-refractivity contribution is -0.156. The highest BCUT2D eigenvalue weighted by atomic mass is 16.6. The Hall–Kier alpha value is -3.35. The Balaban J connectivity index is 1.87. The molecule has 0 saturated carbocycles. The number of carbonyl (C=O) groups excluding carboxylic acids is 3. The molecule has 0 aliphatic heterocycles. The average molecular weight is 398 g/mol. The van der Waals surface area contributed by atoms with Crippen LogP contribution in [-0.4, -0.2) is 30.1 Å². The van der Waals surface area contributed by atoms with Crippen LogP contribution in [-0.2, 0) is 25.7 Å². The summed E-state index contributed by atoms with van der Waals surface area (Å²) in [5, 5.41) is 5.18. The van der Waals surface area contributed by atoms with Gasteiger partial charge in [-0.05, 0) is 30.5 Å². The zero-order valence-electron chi connectivity index (χ0n) is 16.8. The van der Waals surface area contributed by atoms with Gasteiger partial charge in [-0.25, -0.2) is 9.59 Å². The summed E-state index contributed by atoms with van der Waals surface area (Å²) < 4.78 is 10.4. The number of ether oxygens (including phenoxy) is 2. The van der Waals surface area contributed by atoms with E-state index >= 15 is 0 Å². The highest BCUT2D eigenvalue weighted by Crippen LogP contribution is 2.10. The number of hydrogen-bond donors (Lipinski definition) is 2. The smallest absolute Gasteiger partial charge is 0.408 e. The maximum atomic E-state index is 12.5. The first-order valence-corrected chi connectivity index (χ1v) is 9.40. The van der Waals surface area contributed by atoms with Crippen LogP contribution in [0.15, 0.2) is 60.7 Å². The molecule has 2 aromatic carbocycles. The fourth-order valence-corrected chi connectivity index (χ4v) is 2.46. The minimum absolute atomic E-state index is 0.0857. The van der Waals surface area contributed by atoms with E-state index in [9.17, 15) is 14.4 Å². The van der Waals surface area contributed by atoms with Gasteiger partial charge in [-0.1, -0.05) is 62.4 Å². The van der Waals surface area contributed by atoms with Crippen molar-refractivity contribution in [3.05, 3.63) is 66.2 Å². The Morgan fingerprint density at radius 3 is 2.07 bits per heavy atom. The van der Waals surface area contributed by atoms with Gasteiger partial charge in [0.2, 0.25) is 0 Å². The number of amides is 2. The minimum Gasteiger partial charge on any atom is -0.451 e. The molecule has 7 nitrogen and oxygen atoms in total.